The van der Waals surface area contributed by atoms with Crippen LogP contribution in [-0.4, -0.2) is 47.0 Å². The second kappa shape index (κ2) is 8.37. The van der Waals surface area contributed by atoms with Crippen LogP contribution in [0.2, 0.25) is 0 Å². The molecular weight excluding hydrogens is 340 g/mol. The summed E-state index contributed by atoms with van der Waals surface area (Å²) in [5.74, 6) is 0.173. The highest BCUT2D eigenvalue weighted by molar-refractivity contribution is 5.76. The lowest BCUT2D eigenvalue weighted by Crippen LogP contribution is -2.35. The van der Waals surface area contributed by atoms with Gasteiger partial charge in [0.15, 0.2) is 0 Å². The molecule has 2 heterocycles. The largest absolute Gasteiger partial charge is 0.369 e. The van der Waals surface area contributed by atoms with Crippen LogP contribution >= 0.6 is 0 Å². The molecule has 1 aromatic heterocycles. The van der Waals surface area contributed by atoms with Crippen molar-refractivity contribution in [3.05, 3.63) is 57.3 Å². The monoisotopic (exact) mass is 368 g/mol. The normalized spacial score (nSPS) is 14.9. The van der Waals surface area contributed by atoms with Gasteiger partial charge in [-0.25, -0.2) is 4.79 Å². The molecule has 0 atom stereocenters. The number of benzene rings is 1. The third-order valence-corrected chi connectivity index (χ3v) is 5.35. The fourth-order valence-corrected chi connectivity index (χ4v) is 3.84. The smallest absolute Gasteiger partial charge is 0.345 e. The van der Waals surface area contributed by atoms with E-state index < -0.39 is 0 Å². The molecule has 1 aliphatic rings. The summed E-state index contributed by atoms with van der Waals surface area (Å²) in [4.78, 5) is 35.2. The highest BCUT2D eigenvalue weighted by Gasteiger charge is 2.20. The van der Waals surface area contributed by atoms with Crippen LogP contribution in [0.3, 0.4) is 0 Å². The van der Waals surface area contributed by atoms with E-state index in [1.165, 1.54) is 11.3 Å². The maximum absolute atomic E-state index is 12.7. The lowest BCUT2D eigenvalue weighted by molar-refractivity contribution is -0.130. The van der Waals surface area contributed by atoms with Gasteiger partial charge >= 0.3 is 5.69 Å². The molecule has 0 aliphatic carbocycles. The lowest BCUT2D eigenvalue weighted by atomic mass is 10.1. The van der Waals surface area contributed by atoms with Crippen LogP contribution in [0.5, 0.6) is 0 Å². The minimum atomic E-state index is -0.330. The molecule has 27 heavy (non-hydrogen) atoms. The third-order valence-electron chi connectivity index (χ3n) is 5.35. The van der Waals surface area contributed by atoms with Crippen LogP contribution in [0.4, 0.5) is 5.69 Å². The van der Waals surface area contributed by atoms with E-state index in [4.69, 9.17) is 0 Å². The van der Waals surface area contributed by atoms with Crippen LogP contribution in [0, 0.1) is 20.8 Å². The molecule has 0 saturated carbocycles. The number of H-pyrrole nitrogens is 1. The Labute approximate surface area is 160 Å². The number of aromatic nitrogens is 2. The summed E-state index contributed by atoms with van der Waals surface area (Å²) in [6, 6.07) is 8.41. The van der Waals surface area contributed by atoms with Crippen molar-refractivity contribution in [2.75, 3.05) is 31.1 Å². The van der Waals surface area contributed by atoms with E-state index in [0.29, 0.717) is 18.5 Å². The third kappa shape index (κ3) is 4.56. The molecule has 1 aromatic carbocycles. The molecule has 0 radical (unpaired) electrons. The molecule has 1 saturated heterocycles. The van der Waals surface area contributed by atoms with E-state index in [1.807, 2.05) is 18.7 Å². The van der Waals surface area contributed by atoms with Gasteiger partial charge in [-0.2, -0.15) is 4.98 Å². The first-order valence-electron chi connectivity index (χ1n) is 9.60. The molecule has 3 rings (SSSR count). The van der Waals surface area contributed by atoms with Crippen molar-refractivity contribution in [1.82, 2.24) is 14.9 Å². The zero-order chi connectivity index (χ0) is 19.4. The van der Waals surface area contributed by atoms with Gasteiger partial charge in [-0.3, -0.25) is 4.79 Å². The predicted molar refractivity (Wildman–Crippen MR) is 107 cm³/mol. The number of carbonyl (C=O) groups is 1. The molecule has 0 spiro atoms. The minimum absolute atomic E-state index is 0.173. The summed E-state index contributed by atoms with van der Waals surface area (Å²) in [6.07, 6.45) is 2.02. The zero-order valence-corrected chi connectivity index (χ0v) is 16.4. The van der Waals surface area contributed by atoms with E-state index in [2.05, 4.69) is 46.1 Å². The van der Waals surface area contributed by atoms with Gasteiger partial charge < -0.3 is 14.8 Å². The summed E-state index contributed by atoms with van der Waals surface area (Å²) in [5, 5.41) is 0. The molecule has 1 amide bonds. The number of nitrogens with zero attached hydrogens (tertiary/aromatic N) is 3. The van der Waals surface area contributed by atoms with Crippen LogP contribution < -0.4 is 10.6 Å². The number of anilines is 1. The summed E-state index contributed by atoms with van der Waals surface area (Å²) in [6.45, 7) is 9.19. The van der Waals surface area contributed by atoms with E-state index in [0.717, 1.165) is 43.9 Å². The van der Waals surface area contributed by atoms with Crippen molar-refractivity contribution in [2.24, 2.45) is 0 Å². The Morgan fingerprint density at radius 1 is 1.11 bits per heavy atom. The van der Waals surface area contributed by atoms with E-state index >= 15 is 0 Å². The Bertz CT molecular complexity index is 848. The van der Waals surface area contributed by atoms with Gasteiger partial charge in [0.05, 0.1) is 0 Å². The summed E-state index contributed by atoms with van der Waals surface area (Å²) in [5.41, 5.74) is 4.70. The van der Waals surface area contributed by atoms with Crippen molar-refractivity contribution in [1.29, 1.82) is 0 Å². The van der Waals surface area contributed by atoms with E-state index in [9.17, 15) is 9.59 Å². The molecule has 0 unspecified atom stereocenters. The molecule has 1 N–H and O–H groups in total. The molecule has 1 aliphatic heterocycles. The van der Waals surface area contributed by atoms with Crippen molar-refractivity contribution in [2.45, 2.75) is 40.0 Å². The first-order chi connectivity index (χ1) is 13.0. The highest BCUT2D eigenvalue weighted by atomic mass is 16.2. The Hall–Kier alpha value is -2.63. The first kappa shape index (κ1) is 19.1. The second-order valence-electron chi connectivity index (χ2n) is 7.24. The van der Waals surface area contributed by atoms with Gasteiger partial charge in [0, 0.05) is 49.7 Å². The number of carbonyl (C=O) groups excluding carboxylic acids is 1. The highest BCUT2D eigenvalue weighted by Crippen LogP contribution is 2.21. The number of nitrogens with one attached hydrogen (secondary N) is 1. The molecule has 2 aromatic rings. The van der Waals surface area contributed by atoms with Crippen molar-refractivity contribution < 1.29 is 4.79 Å². The molecular formula is C21H28N4O2. The number of para-hydroxylation sites is 1. The molecule has 6 heteroatoms. The Morgan fingerprint density at radius 2 is 1.89 bits per heavy atom. The Balaban J connectivity index is 1.60. The Morgan fingerprint density at radius 3 is 2.63 bits per heavy atom. The fraction of sp³-hybridized carbons (Fsp3) is 0.476. The minimum Gasteiger partial charge on any atom is -0.369 e. The number of amides is 1. The average Bonchev–Trinajstić information content (AvgIpc) is 2.87. The predicted octanol–water partition coefficient (Wildman–Crippen LogP) is 2.37. The van der Waals surface area contributed by atoms with Gasteiger partial charge in [0.1, 0.15) is 0 Å². The number of hydrogen-bond donors (Lipinski definition) is 1. The molecule has 6 nitrogen and oxygen atoms in total. The zero-order valence-electron chi connectivity index (χ0n) is 16.4. The maximum Gasteiger partial charge on any atom is 0.345 e. The topological polar surface area (TPSA) is 69.3 Å². The second-order valence-corrected chi connectivity index (χ2v) is 7.24. The summed E-state index contributed by atoms with van der Waals surface area (Å²) >= 11 is 0. The number of aromatic amines is 1. The van der Waals surface area contributed by atoms with Crippen LogP contribution in [0.25, 0.3) is 0 Å². The maximum atomic E-state index is 12.7. The van der Waals surface area contributed by atoms with E-state index in [-0.39, 0.29) is 11.6 Å². The fourth-order valence-electron chi connectivity index (χ4n) is 3.84. The van der Waals surface area contributed by atoms with Crippen molar-refractivity contribution in [3.8, 4) is 0 Å². The van der Waals surface area contributed by atoms with Crippen LogP contribution in [0.1, 0.15) is 35.4 Å². The SMILES string of the molecule is Cc1ccccc1N1CCCN(C(=O)CCc2c(C)nc(=O)[nH]c2C)CC1. The average molecular weight is 368 g/mol. The number of hydrogen-bond acceptors (Lipinski definition) is 4. The molecule has 1 fully saturated rings. The quantitative estimate of drug-likeness (QED) is 0.900. The summed E-state index contributed by atoms with van der Waals surface area (Å²) in [7, 11) is 0. The van der Waals surface area contributed by atoms with Gasteiger partial charge in [-0.15, -0.1) is 0 Å². The van der Waals surface area contributed by atoms with Crippen molar-refractivity contribution in [3.63, 3.8) is 0 Å². The van der Waals surface area contributed by atoms with Crippen LogP contribution in [0.15, 0.2) is 29.1 Å². The number of aryl methyl sites for hydroxylation is 3. The molecule has 0 bridgehead atoms. The van der Waals surface area contributed by atoms with Gasteiger partial charge in [-0.1, -0.05) is 18.2 Å². The van der Waals surface area contributed by atoms with Gasteiger partial charge in [0.25, 0.3) is 0 Å². The van der Waals surface area contributed by atoms with Crippen molar-refractivity contribution >= 4 is 11.6 Å². The van der Waals surface area contributed by atoms with E-state index in [1.54, 1.807) is 0 Å². The first-order valence-corrected chi connectivity index (χ1v) is 9.60. The van der Waals surface area contributed by atoms with Gasteiger partial charge in [0.2, 0.25) is 5.91 Å². The Kier molecular flexibility index (Phi) is 5.94. The standard InChI is InChI=1S/C21H28N4O2/c1-15-7-4-5-8-19(15)24-11-6-12-25(14-13-24)20(26)10-9-18-16(2)22-21(27)23-17(18)3/h4-5,7-8H,6,9-14H2,1-3H3,(H,22,23,27). The number of rotatable bonds is 4. The van der Waals surface area contributed by atoms with Gasteiger partial charge in [-0.05, 0) is 50.8 Å². The summed E-state index contributed by atoms with van der Waals surface area (Å²) < 4.78 is 0. The van der Waals surface area contributed by atoms with Crippen LogP contribution in [-0.2, 0) is 11.2 Å². The molecule has 144 valence electrons. The lowest BCUT2D eigenvalue weighted by Gasteiger charge is -2.25.